The van der Waals surface area contributed by atoms with Gasteiger partial charge in [-0.1, -0.05) is 13.8 Å². The Balaban J connectivity index is 2.33. The van der Waals surface area contributed by atoms with Crippen molar-refractivity contribution in [3.63, 3.8) is 0 Å². The number of hydrogen-bond donors (Lipinski definition) is 0. The van der Waals surface area contributed by atoms with Crippen molar-refractivity contribution in [2.75, 3.05) is 6.16 Å². The third-order valence-corrected chi connectivity index (χ3v) is 4.35. The van der Waals surface area contributed by atoms with Crippen LogP contribution in [-0.4, -0.2) is 12.3 Å². The summed E-state index contributed by atoms with van der Waals surface area (Å²) in [6.07, 6.45) is 4.40. The van der Waals surface area contributed by atoms with Crippen molar-refractivity contribution in [3.8, 4) is 0 Å². The second kappa shape index (κ2) is 5.27. The Hall–Kier alpha value is 0.120. The van der Waals surface area contributed by atoms with E-state index in [0.717, 1.165) is 25.7 Å². The van der Waals surface area contributed by atoms with Gasteiger partial charge in [-0.2, -0.15) is 4.20 Å². The highest BCUT2D eigenvalue weighted by molar-refractivity contribution is 7.53. The third kappa shape index (κ3) is 4.10. The smallest absolute Gasteiger partial charge is 0.302 e. The molecule has 0 radical (unpaired) electrons. The lowest BCUT2D eigenvalue weighted by atomic mass is 9.89. The van der Waals surface area contributed by atoms with Crippen LogP contribution in [0.4, 0.5) is 4.20 Å². The SMILES string of the molecule is CCCP(=O)(F)OC1CCC(C)CC1. The van der Waals surface area contributed by atoms with E-state index in [4.69, 9.17) is 4.52 Å². The molecular weight excluding hydrogens is 202 g/mol. The monoisotopic (exact) mass is 222 g/mol. The predicted molar refractivity (Wildman–Crippen MR) is 56.4 cm³/mol. The Kier molecular flexibility index (Phi) is 4.59. The fourth-order valence-corrected chi connectivity index (χ4v) is 3.17. The zero-order chi connectivity index (χ0) is 10.6. The van der Waals surface area contributed by atoms with Crippen LogP contribution >= 0.6 is 7.68 Å². The molecule has 0 spiro atoms. The first-order valence-corrected chi connectivity index (χ1v) is 7.20. The van der Waals surface area contributed by atoms with E-state index in [1.807, 2.05) is 6.92 Å². The van der Waals surface area contributed by atoms with Gasteiger partial charge in [0.2, 0.25) is 0 Å². The van der Waals surface area contributed by atoms with Gasteiger partial charge in [0.25, 0.3) is 0 Å². The molecular formula is C10H20FO2P. The maximum atomic E-state index is 13.3. The largest absolute Gasteiger partial charge is 0.367 e. The van der Waals surface area contributed by atoms with Crippen LogP contribution in [0.5, 0.6) is 0 Å². The van der Waals surface area contributed by atoms with Crippen LogP contribution < -0.4 is 0 Å². The predicted octanol–water partition coefficient (Wildman–Crippen LogP) is 4.15. The van der Waals surface area contributed by atoms with E-state index < -0.39 is 7.68 Å². The van der Waals surface area contributed by atoms with Crippen LogP contribution in [0, 0.1) is 5.92 Å². The molecule has 0 N–H and O–H groups in total. The number of hydrogen-bond acceptors (Lipinski definition) is 2. The quantitative estimate of drug-likeness (QED) is 0.668. The summed E-state index contributed by atoms with van der Waals surface area (Å²) in [6, 6.07) is 0. The standard InChI is InChI=1S/C10H20FO2P/c1-3-8-14(11,12)13-10-6-4-9(2)5-7-10/h9-10H,3-8H2,1-2H3. The highest BCUT2D eigenvalue weighted by Gasteiger charge is 2.28. The molecule has 0 aromatic carbocycles. The Labute approximate surface area is 85.8 Å². The van der Waals surface area contributed by atoms with E-state index in [1.54, 1.807) is 0 Å². The van der Waals surface area contributed by atoms with Crippen molar-refractivity contribution in [2.45, 2.75) is 52.1 Å². The average Bonchev–Trinajstić information content (AvgIpc) is 2.08. The van der Waals surface area contributed by atoms with Crippen LogP contribution in [0.25, 0.3) is 0 Å². The molecule has 0 heterocycles. The van der Waals surface area contributed by atoms with E-state index in [0.29, 0.717) is 12.3 Å². The lowest BCUT2D eigenvalue weighted by Gasteiger charge is -2.27. The van der Waals surface area contributed by atoms with Gasteiger partial charge in [-0.15, -0.1) is 0 Å². The van der Waals surface area contributed by atoms with Gasteiger partial charge in [-0.05, 0) is 38.0 Å². The molecule has 0 aromatic rings. The minimum absolute atomic E-state index is 0.0685. The molecule has 1 saturated carbocycles. The first-order chi connectivity index (χ1) is 6.53. The Morgan fingerprint density at radius 3 is 2.43 bits per heavy atom. The van der Waals surface area contributed by atoms with E-state index >= 15 is 0 Å². The fourth-order valence-electron chi connectivity index (χ4n) is 1.88. The Morgan fingerprint density at radius 2 is 1.93 bits per heavy atom. The van der Waals surface area contributed by atoms with Crippen LogP contribution in [0.3, 0.4) is 0 Å². The summed E-state index contributed by atoms with van der Waals surface area (Å²) in [6.45, 7) is 4.01. The maximum Gasteiger partial charge on any atom is 0.367 e. The summed E-state index contributed by atoms with van der Waals surface area (Å²) < 4.78 is 29.6. The fraction of sp³-hybridized carbons (Fsp3) is 1.00. The molecule has 84 valence electrons. The summed E-state index contributed by atoms with van der Waals surface area (Å²) in [5.41, 5.74) is 0. The first-order valence-electron chi connectivity index (χ1n) is 5.50. The maximum absolute atomic E-state index is 13.3. The van der Waals surface area contributed by atoms with Crippen LogP contribution in [-0.2, 0) is 9.09 Å². The summed E-state index contributed by atoms with van der Waals surface area (Å²) in [4.78, 5) is 0. The molecule has 1 aliphatic rings. The average molecular weight is 222 g/mol. The lowest BCUT2D eigenvalue weighted by molar-refractivity contribution is 0.128. The van der Waals surface area contributed by atoms with Crippen molar-refractivity contribution < 1.29 is 13.3 Å². The molecule has 1 aliphatic carbocycles. The molecule has 0 amide bonds. The van der Waals surface area contributed by atoms with Crippen LogP contribution in [0.15, 0.2) is 0 Å². The molecule has 14 heavy (non-hydrogen) atoms. The lowest BCUT2D eigenvalue weighted by Crippen LogP contribution is -2.19. The Bertz CT molecular complexity index is 212. The van der Waals surface area contributed by atoms with E-state index in [9.17, 15) is 8.76 Å². The molecule has 0 saturated heterocycles. The molecule has 0 aromatic heterocycles. The van der Waals surface area contributed by atoms with Crippen molar-refractivity contribution in [2.24, 2.45) is 5.92 Å². The minimum Gasteiger partial charge on any atom is -0.302 e. The molecule has 0 bridgehead atoms. The second-order valence-electron chi connectivity index (χ2n) is 4.30. The van der Waals surface area contributed by atoms with Crippen molar-refractivity contribution in [3.05, 3.63) is 0 Å². The Morgan fingerprint density at radius 1 is 1.36 bits per heavy atom. The second-order valence-corrected chi connectivity index (χ2v) is 6.14. The van der Waals surface area contributed by atoms with Crippen molar-refractivity contribution in [1.82, 2.24) is 0 Å². The van der Waals surface area contributed by atoms with E-state index in [1.165, 1.54) is 0 Å². The molecule has 2 nitrogen and oxygen atoms in total. The van der Waals surface area contributed by atoms with Crippen LogP contribution in [0.2, 0.25) is 0 Å². The molecule has 1 rings (SSSR count). The summed E-state index contributed by atoms with van der Waals surface area (Å²) in [5.74, 6) is 0.708. The normalized spacial score (nSPS) is 32.5. The topological polar surface area (TPSA) is 26.3 Å². The molecule has 1 atom stereocenters. The van der Waals surface area contributed by atoms with Gasteiger partial charge in [0.15, 0.2) is 0 Å². The highest BCUT2D eigenvalue weighted by Crippen LogP contribution is 2.51. The third-order valence-electron chi connectivity index (χ3n) is 2.76. The zero-order valence-corrected chi connectivity index (χ0v) is 9.93. The zero-order valence-electron chi connectivity index (χ0n) is 9.04. The van der Waals surface area contributed by atoms with Gasteiger partial charge in [0, 0.05) is 0 Å². The van der Waals surface area contributed by atoms with Crippen molar-refractivity contribution >= 4 is 7.68 Å². The van der Waals surface area contributed by atoms with Crippen LogP contribution in [0.1, 0.15) is 46.0 Å². The highest BCUT2D eigenvalue weighted by atomic mass is 31.2. The molecule has 1 unspecified atom stereocenters. The van der Waals surface area contributed by atoms with Gasteiger partial charge >= 0.3 is 7.68 Å². The van der Waals surface area contributed by atoms with Gasteiger partial charge in [-0.25, -0.2) is 0 Å². The molecule has 0 aliphatic heterocycles. The number of halogens is 1. The molecule has 1 fully saturated rings. The summed E-state index contributed by atoms with van der Waals surface area (Å²) >= 11 is 0. The summed E-state index contributed by atoms with van der Waals surface area (Å²) in [7, 11) is -3.78. The number of rotatable bonds is 4. The van der Waals surface area contributed by atoms with Gasteiger partial charge in [0.05, 0.1) is 12.3 Å². The van der Waals surface area contributed by atoms with E-state index in [-0.39, 0.29) is 12.3 Å². The minimum atomic E-state index is -3.78. The summed E-state index contributed by atoms with van der Waals surface area (Å²) in [5, 5.41) is 0. The first kappa shape index (κ1) is 12.2. The van der Waals surface area contributed by atoms with Crippen molar-refractivity contribution in [1.29, 1.82) is 0 Å². The van der Waals surface area contributed by atoms with Gasteiger partial charge in [-0.3, -0.25) is 4.57 Å². The van der Waals surface area contributed by atoms with Gasteiger partial charge in [0.1, 0.15) is 0 Å². The van der Waals surface area contributed by atoms with Gasteiger partial charge < -0.3 is 4.52 Å². The molecule has 4 heteroatoms. The van der Waals surface area contributed by atoms with E-state index in [2.05, 4.69) is 6.92 Å².